The van der Waals surface area contributed by atoms with Crippen LogP contribution in [-0.2, 0) is 16.6 Å². The third-order valence-electron chi connectivity index (χ3n) is 6.47. The minimum absolute atomic E-state index is 0.335. The SMILES string of the molecule is CC(C)(C(=O)O)c1cccc(CCN[C@H](c2ccccc2F)[C@H]2CNc3cccc(C#N)c3O2)c1. The Balaban J connectivity index is 1.54. The summed E-state index contributed by atoms with van der Waals surface area (Å²) in [4.78, 5) is 11.6. The summed E-state index contributed by atoms with van der Waals surface area (Å²) in [5.41, 5.74) is 2.37. The number of anilines is 1. The second-order valence-corrected chi connectivity index (χ2v) is 9.17. The van der Waals surface area contributed by atoms with E-state index in [1.807, 2.05) is 30.3 Å². The van der Waals surface area contributed by atoms with Gasteiger partial charge in [0.25, 0.3) is 0 Å². The van der Waals surface area contributed by atoms with Gasteiger partial charge in [0, 0.05) is 5.56 Å². The van der Waals surface area contributed by atoms with Gasteiger partial charge in [-0.05, 0) is 56.1 Å². The highest BCUT2D eigenvalue weighted by Gasteiger charge is 2.32. The highest BCUT2D eigenvalue weighted by Crippen LogP contribution is 2.36. The molecular formula is C28H28FN3O3. The van der Waals surface area contributed by atoms with Crippen LogP contribution in [0.25, 0.3) is 0 Å². The number of aliphatic carboxylic acids is 1. The molecule has 0 aliphatic carbocycles. The lowest BCUT2D eigenvalue weighted by Gasteiger charge is -2.34. The van der Waals surface area contributed by atoms with Crippen LogP contribution in [0.4, 0.5) is 10.1 Å². The lowest BCUT2D eigenvalue weighted by molar-refractivity contribution is -0.142. The van der Waals surface area contributed by atoms with Gasteiger partial charge < -0.3 is 20.5 Å². The molecule has 0 aromatic heterocycles. The molecule has 3 aromatic carbocycles. The van der Waals surface area contributed by atoms with E-state index in [-0.39, 0.29) is 5.82 Å². The Morgan fingerprint density at radius 3 is 2.74 bits per heavy atom. The van der Waals surface area contributed by atoms with Crippen LogP contribution in [0.5, 0.6) is 5.75 Å². The fraction of sp³-hybridized carbons (Fsp3) is 0.286. The van der Waals surface area contributed by atoms with E-state index in [9.17, 15) is 19.6 Å². The number of para-hydroxylation sites is 1. The van der Waals surface area contributed by atoms with Crippen LogP contribution in [0.2, 0.25) is 0 Å². The number of rotatable bonds is 8. The predicted molar refractivity (Wildman–Crippen MR) is 132 cm³/mol. The predicted octanol–water partition coefficient (Wildman–Crippen LogP) is 4.81. The summed E-state index contributed by atoms with van der Waals surface area (Å²) in [5.74, 6) is -0.748. The second-order valence-electron chi connectivity index (χ2n) is 9.17. The zero-order valence-corrected chi connectivity index (χ0v) is 19.7. The Morgan fingerprint density at radius 1 is 1.23 bits per heavy atom. The van der Waals surface area contributed by atoms with Crippen LogP contribution in [-0.4, -0.2) is 30.3 Å². The van der Waals surface area contributed by atoms with Gasteiger partial charge in [0.2, 0.25) is 0 Å². The van der Waals surface area contributed by atoms with Gasteiger partial charge >= 0.3 is 5.97 Å². The fourth-order valence-corrected chi connectivity index (χ4v) is 4.26. The van der Waals surface area contributed by atoms with Gasteiger partial charge in [0.15, 0.2) is 5.75 Å². The van der Waals surface area contributed by atoms with E-state index in [1.165, 1.54) is 6.07 Å². The number of nitriles is 1. The van der Waals surface area contributed by atoms with Gasteiger partial charge in [-0.1, -0.05) is 48.5 Å². The van der Waals surface area contributed by atoms with Crippen molar-refractivity contribution in [1.29, 1.82) is 5.26 Å². The first-order valence-corrected chi connectivity index (χ1v) is 11.6. The molecule has 0 saturated heterocycles. The van der Waals surface area contributed by atoms with Crippen molar-refractivity contribution in [2.75, 3.05) is 18.4 Å². The average molecular weight is 474 g/mol. The van der Waals surface area contributed by atoms with Gasteiger partial charge in [-0.2, -0.15) is 5.26 Å². The van der Waals surface area contributed by atoms with E-state index in [0.717, 1.165) is 16.8 Å². The van der Waals surface area contributed by atoms with Crippen molar-refractivity contribution in [3.8, 4) is 11.8 Å². The quantitative estimate of drug-likeness (QED) is 0.435. The topological polar surface area (TPSA) is 94.4 Å². The molecule has 0 amide bonds. The molecule has 1 aliphatic rings. The average Bonchev–Trinajstić information content (AvgIpc) is 2.86. The first-order valence-electron chi connectivity index (χ1n) is 11.6. The minimum Gasteiger partial charge on any atom is -0.483 e. The van der Waals surface area contributed by atoms with Crippen LogP contribution in [0.1, 0.15) is 42.1 Å². The summed E-state index contributed by atoms with van der Waals surface area (Å²) in [6.07, 6.45) is 0.167. The number of fused-ring (bicyclic) bond motifs is 1. The molecule has 35 heavy (non-hydrogen) atoms. The van der Waals surface area contributed by atoms with Gasteiger partial charge in [-0.3, -0.25) is 4.79 Å². The number of nitrogens with one attached hydrogen (secondary N) is 2. The second kappa shape index (κ2) is 10.2. The van der Waals surface area contributed by atoms with E-state index in [0.29, 0.717) is 36.4 Å². The zero-order valence-electron chi connectivity index (χ0n) is 19.7. The van der Waals surface area contributed by atoms with E-state index < -0.39 is 23.5 Å². The molecular weight excluding hydrogens is 445 g/mol. The molecule has 3 aromatic rings. The third-order valence-corrected chi connectivity index (χ3v) is 6.47. The van der Waals surface area contributed by atoms with Gasteiger partial charge in [0.05, 0.1) is 29.3 Å². The van der Waals surface area contributed by atoms with Crippen molar-refractivity contribution in [2.45, 2.75) is 37.8 Å². The van der Waals surface area contributed by atoms with Crippen molar-refractivity contribution in [2.24, 2.45) is 0 Å². The maximum atomic E-state index is 14.8. The maximum Gasteiger partial charge on any atom is 0.313 e. The molecule has 1 aliphatic heterocycles. The number of halogens is 1. The van der Waals surface area contributed by atoms with Crippen LogP contribution >= 0.6 is 0 Å². The molecule has 2 atom stereocenters. The normalized spacial score (nSPS) is 15.8. The number of carboxylic acid groups (broad SMARTS) is 1. The zero-order chi connectivity index (χ0) is 25.0. The standard InChI is InChI=1S/C28H28FN3O3/c1-28(2,27(33)34)20-9-5-7-18(15-20)13-14-31-25(21-10-3-4-11-22(21)29)24-17-32-23-12-6-8-19(16-30)26(23)35-24/h3-12,15,24-25,31-32H,13-14,17H2,1-2H3,(H,33,34)/t24-,25-/m1/s1. The van der Waals surface area contributed by atoms with Crippen molar-refractivity contribution in [1.82, 2.24) is 5.32 Å². The van der Waals surface area contributed by atoms with E-state index in [4.69, 9.17) is 4.74 Å². The monoisotopic (exact) mass is 473 g/mol. The molecule has 4 rings (SSSR count). The smallest absolute Gasteiger partial charge is 0.313 e. The number of carbonyl (C=O) groups is 1. The van der Waals surface area contributed by atoms with Gasteiger partial charge in [-0.15, -0.1) is 0 Å². The number of hydrogen-bond donors (Lipinski definition) is 3. The van der Waals surface area contributed by atoms with Crippen LogP contribution < -0.4 is 15.4 Å². The molecule has 7 heteroatoms. The molecule has 0 saturated carbocycles. The maximum absolute atomic E-state index is 14.8. The van der Waals surface area contributed by atoms with Crippen molar-refractivity contribution >= 4 is 11.7 Å². The Kier molecular flexibility index (Phi) is 7.04. The molecule has 1 heterocycles. The van der Waals surface area contributed by atoms with Crippen LogP contribution in [0.3, 0.4) is 0 Å². The third kappa shape index (κ3) is 5.13. The summed E-state index contributed by atoms with van der Waals surface area (Å²) in [6.45, 7) is 4.32. The molecule has 0 fully saturated rings. The van der Waals surface area contributed by atoms with E-state index in [2.05, 4.69) is 16.7 Å². The number of ether oxygens (including phenoxy) is 1. The molecule has 0 unspecified atom stereocenters. The minimum atomic E-state index is -0.993. The van der Waals surface area contributed by atoms with Crippen molar-refractivity contribution < 1.29 is 19.0 Å². The van der Waals surface area contributed by atoms with Crippen LogP contribution in [0.15, 0.2) is 66.7 Å². The summed E-state index contributed by atoms with van der Waals surface area (Å²) in [7, 11) is 0. The number of benzene rings is 3. The Labute approximate surface area is 204 Å². The summed E-state index contributed by atoms with van der Waals surface area (Å²) in [5, 5.41) is 25.8. The largest absolute Gasteiger partial charge is 0.483 e. The lowest BCUT2D eigenvalue weighted by Crippen LogP contribution is -2.43. The Hall–Kier alpha value is -3.89. The van der Waals surface area contributed by atoms with E-state index in [1.54, 1.807) is 44.2 Å². The Morgan fingerprint density at radius 2 is 2.00 bits per heavy atom. The molecule has 3 N–H and O–H groups in total. The number of hydrogen-bond acceptors (Lipinski definition) is 5. The fourth-order valence-electron chi connectivity index (χ4n) is 4.26. The summed E-state index contributed by atoms with van der Waals surface area (Å²) >= 11 is 0. The van der Waals surface area contributed by atoms with Gasteiger partial charge in [0.1, 0.15) is 18.0 Å². The highest BCUT2D eigenvalue weighted by molar-refractivity contribution is 5.80. The first kappa shape index (κ1) is 24.2. The highest BCUT2D eigenvalue weighted by atomic mass is 19.1. The Bertz CT molecular complexity index is 1270. The van der Waals surface area contributed by atoms with Crippen molar-refractivity contribution in [3.63, 3.8) is 0 Å². The molecule has 0 bridgehead atoms. The van der Waals surface area contributed by atoms with Gasteiger partial charge in [-0.25, -0.2) is 4.39 Å². The summed E-state index contributed by atoms with van der Waals surface area (Å²) in [6, 6.07) is 21.1. The molecule has 0 spiro atoms. The molecule has 0 radical (unpaired) electrons. The van der Waals surface area contributed by atoms with Crippen LogP contribution in [0, 0.1) is 17.1 Å². The first-order chi connectivity index (χ1) is 16.8. The lowest BCUT2D eigenvalue weighted by atomic mass is 9.84. The number of carboxylic acids is 1. The van der Waals surface area contributed by atoms with Crippen molar-refractivity contribution in [3.05, 3.63) is 94.8 Å². The number of nitrogens with zero attached hydrogens (tertiary/aromatic N) is 1. The van der Waals surface area contributed by atoms with E-state index >= 15 is 0 Å². The summed E-state index contributed by atoms with van der Waals surface area (Å²) < 4.78 is 21.1. The molecule has 180 valence electrons. The molecule has 6 nitrogen and oxygen atoms in total.